The summed E-state index contributed by atoms with van der Waals surface area (Å²) in [7, 11) is 0. The van der Waals surface area contributed by atoms with Crippen molar-refractivity contribution in [1.29, 1.82) is 0 Å². The fourth-order valence-corrected chi connectivity index (χ4v) is 3.45. The SMILES string of the molecule is NN(c1nc2ccccc2s1)C1CCCCC1. The Morgan fingerprint density at radius 2 is 1.94 bits per heavy atom. The van der Waals surface area contributed by atoms with Gasteiger partial charge in [-0.25, -0.2) is 10.8 Å². The molecule has 0 amide bonds. The molecule has 0 bridgehead atoms. The van der Waals surface area contributed by atoms with Gasteiger partial charge >= 0.3 is 0 Å². The molecule has 4 heteroatoms. The number of aromatic nitrogens is 1. The van der Waals surface area contributed by atoms with Gasteiger partial charge in [-0.3, -0.25) is 5.01 Å². The molecule has 1 aliphatic carbocycles. The Kier molecular flexibility index (Phi) is 2.99. The minimum Gasteiger partial charge on any atom is -0.283 e. The normalized spacial score (nSPS) is 17.5. The van der Waals surface area contributed by atoms with E-state index in [0.29, 0.717) is 6.04 Å². The van der Waals surface area contributed by atoms with E-state index in [1.807, 2.05) is 23.2 Å². The number of nitrogens with two attached hydrogens (primary N) is 1. The number of hydrogen-bond donors (Lipinski definition) is 1. The Hall–Kier alpha value is -1.13. The van der Waals surface area contributed by atoms with E-state index in [4.69, 9.17) is 5.84 Å². The van der Waals surface area contributed by atoms with Crippen LogP contribution in [0.3, 0.4) is 0 Å². The Morgan fingerprint density at radius 3 is 2.71 bits per heavy atom. The summed E-state index contributed by atoms with van der Waals surface area (Å²) in [6, 6.07) is 8.69. The lowest BCUT2D eigenvalue weighted by molar-refractivity contribution is 0.417. The van der Waals surface area contributed by atoms with Gasteiger partial charge in [0.1, 0.15) is 0 Å². The van der Waals surface area contributed by atoms with Crippen LogP contribution in [0.15, 0.2) is 24.3 Å². The van der Waals surface area contributed by atoms with Crippen molar-refractivity contribution in [2.75, 3.05) is 5.01 Å². The highest BCUT2D eigenvalue weighted by atomic mass is 32.1. The summed E-state index contributed by atoms with van der Waals surface area (Å²) in [5, 5.41) is 2.85. The molecular weight excluding hydrogens is 230 g/mol. The largest absolute Gasteiger partial charge is 0.283 e. The summed E-state index contributed by atoms with van der Waals surface area (Å²) in [6.07, 6.45) is 6.34. The van der Waals surface area contributed by atoms with E-state index in [0.717, 1.165) is 10.6 Å². The van der Waals surface area contributed by atoms with Gasteiger partial charge in [-0.2, -0.15) is 0 Å². The first-order valence-electron chi connectivity index (χ1n) is 6.24. The molecule has 0 unspecified atom stereocenters. The molecule has 1 saturated carbocycles. The second-order valence-corrected chi connectivity index (χ2v) is 5.67. The van der Waals surface area contributed by atoms with Crippen LogP contribution < -0.4 is 10.9 Å². The average molecular weight is 247 g/mol. The second kappa shape index (κ2) is 4.63. The van der Waals surface area contributed by atoms with Crippen molar-refractivity contribution in [2.24, 2.45) is 5.84 Å². The molecule has 0 atom stereocenters. The van der Waals surface area contributed by atoms with Gasteiger partial charge in [0.15, 0.2) is 0 Å². The summed E-state index contributed by atoms with van der Waals surface area (Å²) in [4.78, 5) is 4.61. The lowest BCUT2D eigenvalue weighted by atomic mass is 9.95. The predicted molar refractivity (Wildman–Crippen MR) is 73.2 cm³/mol. The highest BCUT2D eigenvalue weighted by molar-refractivity contribution is 7.22. The Morgan fingerprint density at radius 1 is 1.18 bits per heavy atom. The van der Waals surface area contributed by atoms with E-state index in [1.54, 1.807) is 11.3 Å². The monoisotopic (exact) mass is 247 g/mol. The van der Waals surface area contributed by atoms with Gasteiger partial charge in [-0.15, -0.1) is 0 Å². The van der Waals surface area contributed by atoms with Gasteiger partial charge in [0.2, 0.25) is 5.13 Å². The van der Waals surface area contributed by atoms with Crippen LogP contribution >= 0.6 is 11.3 Å². The van der Waals surface area contributed by atoms with Crippen molar-refractivity contribution < 1.29 is 0 Å². The molecular formula is C13H17N3S. The lowest BCUT2D eigenvalue weighted by Gasteiger charge is -2.29. The van der Waals surface area contributed by atoms with E-state index < -0.39 is 0 Å². The Balaban J connectivity index is 1.86. The molecule has 2 N–H and O–H groups in total. The Bertz CT molecular complexity index is 469. The summed E-state index contributed by atoms with van der Waals surface area (Å²) < 4.78 is 1.22. The molecule has 0 aliphatic heterocycles. The molecule has 17 heavy (non-hydrogen) atoms. The van der Waals surface area contributed by atoms with Crippen LogP contribution in [0.1, 0.15) is 32.1 Å². The van der Waals surface area contributed by atoms with Crippen LogP contribution in [0.5, 0.6) is 0 Å². The fourth-order valence-electron chi connectivity index (χ4n) is 2.49. The smallest absolute Gasteiger partial charge is 0.201 e. The van der Waals surface area contributed by atoms with Gasteiger partial charge in [-0.1, -0.05) is 42.7 Å². The first-order chi connectivity index (χ1) is 8.34. The van der Waals surface area contributed by atoms with Crippen molar-refractivity contribution in [2.45, 2.75) is 38.1 Å². The van der Waals surface area contributed by atoms with Crippen LogP contribution in [-0.4, -0.2) is 11.0 Å². The lowest BCUT2D eigenvalue weighted by Crippen LogP contribution is -2.42. The second-order valence-electron chi connectivity index (χ2n) is 4.66. The quantitative estimate of drug-likeness (QED) is 0.654. The van der Waals surface area contributed by atoms with E-state index >= 15 is 0 Å². The van der Waals surface area contributed by atoms with Crippen LogP contribution in [0.25, 0.3) is 10.2 Å². The molecule has 2 aromatic rings. The highest BCUT2D eigenvalue weighted by Gasteiger charge is 2.21. The number of rotatable bonds is 2. The molecule has 0 radical (unpaired) electrons. The van der Waals surface area contributed by atoms with Gasteiger partial charge in [0, 0.05) is 6.04 Å². The number of nitrogens with zero attached hydrogens (tertiary/aromatic N) is 2. The average Bonchev–Trinajstić information content (AvgIpc) is 2.82. The first-order valence-corrected chi connectivity index (χ1v) is 7.06. The topological polar surface area (TPSA) is 42.1 Å². The van der Waals surface area contributed by atoms with Crippen LogP contribution in [0.4, 0.5) is 5.13 Å². The third kappa shape index (κ3) is 2.15. The van der Waals surface area contributed by atoms with Gasteiger partial charge in [0.25, 0.3) is 0 Å². The molecule has 1 heterocycles. The maximum atomic E-state index is 6.21. The van der Waals surface area contributed by atoms with Crippen molar-refractivity contribution in [1.82, 2.24) is 4.98 Å². The number of thiazole rings is 1. The summed E-state index contributed by atoms with van der Waals surface area (Å²) in [6.45, 7) is 0. The standard InChI is InChI=1S/C13H17N3S/c14-16(10-6-2-1-3-7-10)13-15-11-8-4-5-9-12(11)17-13/h4-5,8-10H,1-3,6-7,14H2. The van der Waals surface area contributed by atoms with Crippen molar-refractivity contribution >= 4 is 26.7 Å². The number of hydrazine groups is 1. The van der Waals surface area contributed by atoms with E-state index in [9.17, 15) is 0 Å². The van der Waals surface area contributed by atoms with Crippen LogP contribution in [-0.2, 0) is 0 Å². The van der Waals surface area contributed by atoms with E-state index in [-0.39, 0.29) is 0 Å². The molecule has 0 saturated heterocycles. The number of para-hydroxylation sites is 1. The minimum absolute atomic E-state index is 0.476. The minimum atomic E-state index is 0.476. The predicted octanol–water partition coefficient (Wildman–Crippen LogP) is 3.31. The number of benzene rings is 1. The summed E-state index contributed by atoms with van der Waals surface area (Å²) in [5.74, 6) is 6.21. The number of hydrogen-bond acceptors (Lipinski definition) is 4. The zero-order valence-electron chi connectivity index (χ0n) is 9.80. The van der Waals surface area contributed by atoms with Crippen molar-refractivity contribution in [3.8, 4) is 0 Å². The molecule has 90 valence electrons. The van der Waals surface area contributed by atoms with Gasteiger partial charge in [0.05, 0.1) is 10.2 Å². The summed E-state index contributed by atoms with van der Waals surface area (Å²) >= 11 is 1.69. The van der Waals surface area contributed by atoms with Gasteiger partial charge in [-0.05, 0) is 25.0 Å². The number of anilines is 1. The first kappa shape index (κ1) is 11.0. The zero-order chi connectivity index (χ0) is 11.7. The van der Waals surface area contributed by atoms with Crippen molar-refractivity contribution in [3.05, 3.63) is 24.3 Å². The highest BCUT2D eigenvalue weighted by Crippen LogP contribution is 2.31. The van der Waals surface area contributed by atoms with E-state index in [1.165, 1.54) is 36.8 Å². The Labute approximate surface area is 105 Å². The fraction of sp³-hybridized carbons (Fsp3) is 0.462. The number of fused-ring (bicyclic) bond motifs is 1. The molecule has 1 aliphatic rings. The van der Waals surface area contributed by atoms with Crippen LogP contribution in [0, 0.1) is 0 Å². The molecule has 0 spiro atoms. The molecule has 3 rings (SSSR count). The molecule has 3 nitrogen and oxygen atoms in total. The third-order valence-electron chi connectivity index (χ3n) is 3.47. The summed E-state index contributed by atoms with van der Waals surface area (Å²) in [5.41, 5.74) is 1.05. The van der Waals surface area contributed by atoms with Crippen molar-refractivity contribution in [3.63, 3.8) is 0 Å². The molecule has 1 aromatic heterocycles. The van der Waals surface area contributed by atoms with Gasteiger partial charge < -0.3 is 0 Å². The molecule has 1 fully saturated rings. The van der Waals surface area contributed by atoms with E-state index in [2.05, 4.69) is 11.1 Å². The maximum absolute atomic E-state index is 6.21. The molecule has 1 aromatic carbocycles. The zero-order valence-corrected chi connectivity index (χ0v) is 10.6. The maximum Gasteiger partial charge on any atom is 0.201 e. The third-order valence-corrected chi connectivity index (χ3v) is 4.52. The van der Waals surface area contributed by atoms with Crippen LogP contribution in [0.2, 0.25) is 0 Å².